The van der Waals surface area contributed by atoms with E-state index >= 15 is 0 Å². The highest BCUT2D eigenvalue weighted by atomic mass is 35.5. The van der Waals surface area contributed by atoms with Crippen LogP contribution in [0.4, 0.5) is 13.2 Å². The minimum absolute atomic E-state index is 0.148. The van der Waals surface area contributed by atoms with Crippen LogP contribution in [0.1, 0.15) is 31.8 Å². The third-order valence-electron chi connectivity index (χ3n) is 4.67. The molecule has 7 heteroatoms. The molecule has 1 aromatic rings. The number of furan rings is 1. The smallest absolute Gasteiger partial charge is 0.426 e. The predicted molar refractivity (Wildman–Crippen MR) is 85.5 cm³/mol. The highest BCUT2D eigenvalue weighted by Gasteiger charge is 2.74. The number of rotatable bonds is 3. The fourth-order valence-electron chi connectivity index (χ4n) is 3.06. The summed E-state index contributed by atoms with van der Waals surface area (Å²) in [6.45, 7) is 3.15. The second kappa shape index (κ2) is 6.20. The summed E-state index contributed by atoms with van der Waals surface area (Å²) in [7, 11) is 0. The van der Waals surface area contributed by atoms with Crippen molar-refractivity contribution in [3.8, 4) is 24.2 Å². The molecule has 0 unspecified atom stereocenters. The van der Waals surface area contributed by atoms with E-state index in [-0.39, 0.29) is 17.9 Å². The van der Waals surface area contributed by atoms with Crippen LogP contribution in [0.3, 0.4) is 0 Å². The normalized spacial score (nSPS) is 24.8. The summed E-state index contributed by atoms with van der Waals surface area (Å²) in [6, 6.07) is 3.07. The summed E-state index contributed by atoms with van der Waals surface area (Å²) in [4.78, 5) is 11.8. The van der Waals surface area contributed by atoms with Gasteiger partial charge in [0, 0.05) is 12.3 Å². The number of halogens is 4. The van der Waals surface area contributed by atoms with Crippen LogP contribution in [0.15, 0.2) is 27.7 Å². The summed E-state index contributed by atoms with van der Waals surface area (Å²) in [5.74, 6) is 6.02. The third-order valence-corrected chi connectivity index (χ3v) is 5.01. The van der Waals surface area contributed by atoms with Crippen molar-refractivity contribution in [2.24, 2.45) is 16.7 Å². The van der Waals surface area contributed by atoms with Gasteiger partial charge in [0.2, 0.25) is 0 Å². The molecule has 132 valence electrons. The van der Waals surface area contributed by atoms with Gasteiger partial charge in [0.25, 0.3) is 0 Å². The zero-order chi connectivity index (χ0) is 19.0. The molecule has 2 rings (SSSR count). The molecule has 3 nitrogen and oxygen atoms in total. The lowest BCUT2D eigenvalue weighted by molar-refractivity contribution is -0.144. The van der Waals surface area contributed by atoms with Gasteiger partial charge in [-0.25, -0.2) is 0 Å². The van der Waals surface area contributed by atoms with Gasteiger partial charge < -0.3 is 9.52 Å². The first-order valence-electron chi connectivity index (χ1n) is 7.20. The maximum Gasteiger partial charge on any atom is 0.426 e. The molecule has 0 aromatic carbocycles. The van der Waals surface area contributed by atoms with Crippen molar-refractivity contribution in [1.29, 1.82) is 0 Å². The number of hydrogen-bond donors (Lipinski definition) is 1. The van der Waals surface area contributed by atoms with E-state index in [1.165, 1.54) is 12.1 Å². The molecule has 0 aliphatic heterocycles. The number of carboxylic acids is 1. The van der Waals surface area contributed by atoms with Crippen LogP contribution in [-0.2, 0) is 4.79 Å². The van der Waals surface area contributed by atoms with Crippen molar-refractivity contribution in [2.45, 2.75) is 26.4 Å². The van der Waals surface area contributed by atoms with Crippen LogP contribution in [0.2, 0.25) is 0 Å². The third kappa shape index (κ3) is 3.27. The lowest BCUT2D eigenvalue weighted by atomic mass is 9.92. The van der Waals surface area contributed by atoms with Gasteiger partial charge in [-0.05, 0) is 29.4 Å². The second-order valence-electron chi connectivity index (χ2n) is 6.28. The van der Waals surface area contributed by atoms with Crippen LogP contribution in [-0.4, -0.2) is 17.3 Å². The molecule has 1 fully saturated rings. The van der Waals surface area contributed by atoms with E-state index in [1.54, 1.807) is 13.8 Å². The van der Waals surface area contributed by atoms with Gasteiger partial charge in [-0.15, -0.1) is 6.42 Å². The van der Waals surface area contributed by atoms with E-state index in [2.05, 4.69) is 17.8 Å². The highest BCUT2D eigenvalue weighted by Crippen LogP contribution is 2.72. The summed E-state index contributed by atoms with van der Waals surface area (Å²) < 4.78 is 43.1. The Labute approximate surface area is 147 Å². The van der Waals surface area contributed by atoms with Crippen molar-refractivity contribution >= 4 is 17.6 Å². The maximum atomic E-state index is 12.6. The molecule has 0 amide bonds. The minimum Gasteiger partial charge on any atom is -0.481 e. The van der Waals surface area contributed by atoms with Gasteiger partial charge >= 0.3 is 12.1 Å². The first kappa shape index (κ1) is 19.0. The van der Waals surface area contributed by atoms with Gasteiger partial charge in [-0.3, -0.25) is 4.79 Å². The fraction of sp³-hybridized carbons (Fsp3) is 0.389. The summed E-state index contributed by atoms with van der Waals surface area (Å²) in [6.07, 6.45) is 1.07. The van der Waals surface area contributed by atoms with Crippen molar-refractivity contribution in [2.75, 3.05) is 0 Å². The average Bonchev–Trinajstić information content (AvgIpc) is 2.84. The van der Waals surface area contributed by atoms with Crippen molar-refractivity contribution in [1.82, 2.24) is 0 Å². The number of allylic oxidation sites excluding steroid dienone is 2. The monoisotopic (exact) mass is 370 g/mol. The molecular weight excluding hydrogens is 357 g/mol. The molecule has 1 aliphatic rings. The van der Waals surface area contributed by atoms with Crippen LogP contribution < -0.4 is 0 Å². The Morgan fingerprint density at radius 2 is 2.04 bits per heavy atom. The number of hydrogen-bond acceptors (Lipinski definition) is 2. The molecule has 2 atom stereocenters. The molecule has 0 spiro atoms. The van der Waals surface area contributed by atoms with E-state index in [4.69, 9.17) is 22.4 Å². The summed E-state index contributed by atoms with van der Waals surface area (Å²) >= 11 is 5.27. The van der Waals surface area contributed by atoms with Crippen LogP contribution in [0, 0.1) is 40.9 Å². The first-order valence-corrected chi connectivity index (χ1v) is 7.58. The molecule has 1 aromatic heterocycles. The zero-order valence-corrected chi connectivity index (χ0v) is 14.1. The predicted octanol–water partition coefficient (Wildman–Crippen LogP) is 4.41. The Bertz CT molecular complexity index is 830. The standard InChI is InChI=1S/C18H14ClF3O3/c1-4-11-7-8-12(25-11)6-5-9-17(15(23)24)13(16(17,2)3)10-14(19)18(20,21)22/h1,7-8,10,13H,9H2,2-3H3,(H,23,24)/b14-10-/t13-,17+/m1/s1. The summed E-state index contributed by atoms with van der Waals surface area (Å²) in [5.41, 5.74) is -2.38. The molecule has 25 heavy (non-hydrogen) atoms. The molecule has 1 heterocycles. The molecular formula is C18H14ClF3O3. The van der Waals surface area contributed by atoms with Gasteiger partial charge in [0.1, 0.15) is 5.03 Å². The van der Waals surface area contributed by atoms with Crippen LogP contribution >= 0.6 is 11.6 Å². The largest absolute Gasteiger partial charge is 0.481 e. The lowest BCUT2D eigenvalue weighted by Crippen LogP contribution is -2.21. The minimum atomic E-state index is -4.71. The quantitative estimate of drug-likeness (QED) is 0.801. The van der Waals surface area contributed by atoms with Crippen molar-refractivity contribution in [3.63, 3.8) is 0 Å². The van der Waals surface area contributed by atoms with E-state index in [0.717, 1.165) is 6.08 Å². The van der Waals surface area contributed by atoms with Crippen LogP contribution in [0.5, 0.6) is 0 Å². The van der Waals surface area contributed by atoms with Crippen LogP contribution in [0.25, 0.3) is 0 Å². The average molecular weight is 371 g/mol. The number of carbonyl (C=O) groups is 1. The van der Waals surface area contributed by atoms with E-state index in [1.807, 2.05) is 0 Å². The van der Waals surface area contributed by atoms with Gasteiger partial charge in [-0.1, -0.05) is 37.4 Å². The summed E-state index contributed by atoms with van der Waals surface area (Å²) in [5, 5.41) is 8.27. The molecule has 1 N–H and O–H groups in total. The Morgan fingerprint density at radius 1 is 1.44 bits per heavy atom. The number of terminal acetylenes is 1. The Balaban J connectivity index is 2.29. The number of aliphatic carboxylic acids is 1. The molecule has 1 saturated carbocycles. The number of alkyl halides is 3. The van der Waals surface area contributed by atoms with Crippen molar-refractivity contribution in [3.05, 3.63) is 34.8 Å². The zero-order valence-electron chi connectivity index (χ0n) is 13.4. The Morgan fingerprint density at radius 3 is 2.52 bits per heavy atom. The van der Waals surface area contributed by atoms with Gasteiger partial charge in [-0.2, -0.15) is 13.2 Å². The fourth-order valence-corrected chi connectivity index (χ4v) is 3.19. The molecule has 0 saturated heterocycles. The van der Waals surface area contributed by atoms with E-state index < -0.39 is 33.9 Å². The van der Waals surface area contributed by atoms with Gasteiger partial charge in [0.05, 0.1) is 5.41 Å². The lowest BCUT2D eigenvalue weighted by Gasteiger charge is -2.11. The molecule has 0 bridgehead atoms. The highest BCUT2D eigenvalue weighted by molar-refractivity contribution is 6.30. The van der Waals surface area contributed by atoms with Crippen molar-refractivity contribution < 1.29 is 27.5 Å². The first-order chi connectivity index (χ1) is 11.5. The Kier molecular flexibility index (Phi) is 4.72. The maximum absolute atomic E-state index is 12.6. The van der Waals surface area contributed by atoms with E-state index in [0.29, 0.717) is 0 Å². The Hall–Kier alpha value is -2.31. The molecule has 1 aliphatic carbocycles. The SMILES string of the molecule is C#Cc1ccc(C#CC[C@@]2(C(=O)O)[C@H](/C=C(\Cl)C(F)(F)F)C2(C)C)o1. The van der Waals surface area contributed by atoms with E-state index in [9.17, 15) is 23.1 Å². The molecule has 0 radical (unpaired) electrons. The van der Waals surface area contributed by atoms with Gasteiger partial charge in [0.15, 0.2) is 11.5 Å². The second-order valence-corrected chi connectivity index (χ2v) is 6.68. The topological polar surface area (TPSA) is 50.4 Å². The number of carboxylic acid groups (broad SMARTS) is 1.